The molecule has 0 aliphatic heterocycles. The van der Waals surface area contributed by atoms with Gasteiger partial charge in [0.05, 0.1) is 17.1 Å². The number of hydrogen-bond donors (Lipinski definition) is 3. The molecule has 2 aromatic rings. The zero-order valence-corrected chi connectivity index (χ0v) is 10.5. The number of nitrogens with two attached hydrogens (primary N) is 1. The minimum Gasteiger partial charge on any atom is -0.506 e. The van der Waals surface area contributed by atoms with Crippen LogP contribution in [-0.4, -0.2) is 26.2 Å². The van der Waals surface area contributed by atoms with Gasteiger partial charge in [-0.05, 0) is 32.0 Å². The van der Waals surface area contributed by atoms with Gasteiger partial charge >= 0.3 is 0 Å². The maximum Gasteiger partial charge on any atom is 0.258 e. The molecule has 1 aromatic carbocycles. The zero-order valence-electron chi connectivity index (χ0n) is 10.5. The van der Waals surface area contributed by atoms with Crippen molar-refractivity contribution >= 4 is 17.5 Å². The minimum absolute atomic E-state index is 0.115. The molecule has 2 rings (SSSR count). The first-order valence-electron chi connectivity index (χ1n) is 5.55. The molecular weight excluding hydrogens is 246 g/mol. The molecule has 1 amide bonds. The molecule has 0 aliphatic rings. The van der Waals surface area contributed by atoms with Crippen molar-refractivity contribution in [2.24, 2.45) is 0 Å². The number of phenolic OH excluding ortho intramolecular Hbond substituents is 1. The molecule has 7 heteroatoms. The van der Waals surface area contributed by atoms with Gasteiger partial charge < -0.3 is 10.8 Å². The summed E-state index contributed by atoms with van der Waals surface area (Å²) in [6.07, 6.45) is 0. The average molecular weight is 259 g/mol. The quantitative estimate of drug-likeness (QED) is 0.548. The van der Waals surface area contributed by atoms with E-state index in [0.29, 0.717) is 11.4 Å². The SMILES string of the molecule is Cc1nnc(NC(=O)c2ccc(N)c(O)c2)nc1C. The van der Waals surface area contributed by atoms with Crippen molar-refractivity contribution < 1.29 is 9.90 Å². The Bertz CT molecular complexity index is 642. The van der Waals surface area contributed by atoms with E-state index >= 15 is 0 Å². The molecule has 0 atom stereocenters. The Morgan fingerprint density at radius 2 is 2.00 bits per heavy atom. The molecule has 0 spiro atoms. The van der Waals surface area contributed by atoms with Crippen molar-refractivity contribution in [3.63, 3.8) is 0 Å². The van der Waals surface area contributed by atoms with E-state index in [1.54, 1.807) is 13.8 Å². The van der Waals surface area contributed by atoms with Crippen LogP contribution in [0.5, 0.6) is 5.75 Å². The highest BCUT2D eigenvalue weighted by Crippen LogP contribution is 2.20. The number of phenols is 1. The van der Waals surface area contributed by atoms with Crippen LogP contribution in [0.2, 0.25) is 0 Å². The molecule has 0 saturated heterocycles. The van der Waals surface area contributed by atoms with E-state index < -0.39 is 5.91 Å². The lowest BCUT2D eigenvalue weighted by atomic mass is 10.2. The van der Waals surface area contributed by atoms with Crippen molar-refractivity contribution in [1.82, 2.24) is 15.2 Å². The Hall–Kier alpha value is -2.70. The summed E-state index contributed by atoms with van der Waals surface area (Å²) >= 11 is 0. The van der Waals surface area contributed by atoms with E-state index in [4.69, 9.17) is 5.73 Å². The molecule has 1 heterocycles. The number of hydrogen-bond acceptors (Lipinski definition) is 6. The third-order valence-corrected chi connectivity index (χ3v) is 2.61. The summed E-state index contributed by atoms with van der Waals surface area (Å²) in [4.78, 5) is 16.0. The number of nitrogens with one attached hydrogen (secondary N) is 1. The second kappa shape index (κ2) is 4.89. The molecular formula is C12H13N5O2. The minimum atomic E-state index is -0.444. The number of aryl methyl sites for hydroxylation is 2. The van der Waals surface area contributed by atoms with Crippen molar-refractivity contribution in [1.29, 1.82) is 0 Å². The Morgan fingerprint density at radius 1 is 1.26 bits per heavy atom. The highest BCUT2D eigenvalue weighted by Gasteiger charge is 2.10. The number of nitrogen functional groups attached to an aromatic ring is 1. The van der Waals surface area contributed by atoms with Crippen molar-refractivity contribution in [3.8, 4) is 5.75 Å². The maximum atomic E-state index is 11.9. The van der Waals surface area contributed by atoms with Crippen molar-refractivity contribution in [3.05, 3.63) is 35.2 Å². The van der Waals surface area contributed by atoms with Gasteiger partial charge in [-0.2, -0.15) is 5.10 Å². The molecule has 0 bridgehead atoms. The standard InChI is InChI=1S/C12H13N5O2/c1-6-7(2)16-17-12(14-6)15-11(19)8-3-4-9(13)10(18)5-8/h3-5,18H,13H2,1-2H3,(H,14,15,17,19). The third kappa shape index (κ3) is 2.76. The van der Waals surface area contributed by atoms with Crippen LogP contribution in [0, 0.1) is 13.8 Å². The molecule has 0 unspecified atom stereocenters. The molecule has 1 aromatic heterocycles. The first kappa shape index (κ1) is 12.7. The van der Waals surface area contributed by atoms with Gasteiger partial charge in [-0.3, -0.25) is 10.1 Å². The first-order chi connectivity index (χ1) is 8.97. The van der Waals surface area contributed by atoms with Crippen LogP contribution in [0.25, 0.3) is 0 Å². The fourth-order valence-corrected chi connectivity index (χ4v) is 1.37. The Balaban J connectivity index is 2.20. The average Bonchev–Trinajstić information content (AvgIpc) is 2.37. The number of carbonyl (C=O) groups is 1. The van der Waals surface area contributed by atoms with E-state index in [1.165, 1.54) is 18.2 Å². The third-order valence-electron chi connectivity index (χ3n) is 2.61. The van der Waals surface area contributed by atoms with Crippen LogP contribution in [0.4, 0.5) is 11.6 Å². The van der Waals surface area contributed by atoms with E-state index in [0.717, 1.165) is 0 Å². The molecule has 0 fully saturated rings. The number of benzene rings is 1. The first-order valence-corrected chi connectivity index (χ1v) is 5.55. The second-order valence-electron chi connectivity index (χ2n) is 4.03. The number of aromatic nitrogens is 3. The van der Waals surface area contributed by atoms with E-state index in [9.17, 15) is 9.90 Å². The van der Waals surface area contributed by atoms with Gasteiger partial charge in [0.15, 0.2) is 0 Å². The van der Waals surface area contributed by atoms with Gasteiger partial charge in [0.1, 0.15) is 5.75 Å². The number of amides is 1. The van der Waals surface area contributed by atoms with Gasteiger partial charge in [-0.1, -0.05) is 0 Å². The lowest BCUT2D eigenvalue weighted by molar-refractivity contribution is 0.102. The summed E-state index contributed by atoms with van der Waals surface area (Å²) in [5.74, 6) is -0.475. The fourth-order valence-electron chi connectivity index (χ4n) is 1.37. The monoisotopic (exact) mass is 259 g/mol. The summed E-state index contributed by atoms with van der Waals surface area (Å²) in [6, 6.07) is 4.22. The van der Waals surface area contributed by atoms with Crippen LogP contribution in [0.3, 0.4) is 0 Å². The number of aromatic hydroxyl groups is 1. The predicted molar refractivity (Wildman–Crippen MR) is 69.8 cm³/mol. The number of nitrogens with zero attached hydrogens (tertiary/aromatic N) is 3. The normalized spacial score (nSPS) is 10.2. The molecule has 7 nitrogen and oxygen atoms in total. The van der Waals surface area contributed by atoms with Crippen LogP contribution in [-0.2, 0) is 0 Å². The Kier molecular flexibility index (Phi) is 3.28. The van der Waals surface area contributed by atoms with Gasteiger partial charge in [0, 0.05) is 5.56 Å². The van der Waals surface area contributed by atoms with Gasteiger partial charge in [0.2, 0.25) is 5.95 Å². The highest BCUT2D eigenvalue weighted by molar-refractivity contribution is 6.03. The molecule has 98 valence electrons. The molecule has 19 heavy (non-hydrogen) atoms. The smallest absolute Gasteiger partial charge is 0.258 e. The fraction of sp³-hybridized carbons (Fsp3) is 0.167. The van der Waals surface area contributed by atoms with Crippen LogP contribution < -0.4 is 11.1 Å². The van der Waals surface area contributed by atoms with Gasteiger partial charge in [0.25, 0.3) is 5.91 Å². The topological polar surface area (TPSA) is 114 Å². The highest BCUT2D eigenvalue weighted by atomic mass is 16.3. The molecule has 0 radical (unpaired) electrons. The molecule has 4 N–H and O–H groups in total. The number of rotatable bonds is 2. The molecule has 0 aliphatic carbocycles. The number of anilines is 2. The Labute approximate surface area is 109 Å². The largest absolute Gasteiger partial charge is 0.506 e. The number of carbonyl (C=O) groups excluding carboxylic acids is 1. The van der Waals surface area contributed by atoms with Gasteiger partial charge in [-0.15, -0.1) is 5.10 Å². The zero-order chi connectivity index (χ0) is 14.0. The van der Waals surface area contributed by atoms with Crippen LogP contribution >= 0.6 is 0 Å². The summed E-state index contributed by atoms with van der Waals surface area (Å²) in [5.41, 5.74) is 7.31. The maximum absolute atomic E-state index is 11.9. The summed E-state index contributed by atoms with van der Waals surface area (Å²) in [5, 5.41) is 19.6. The Morgan fingerprint density at radius 3 is 2.63 bits per heavy atom. The van der Waals surface area contributed by atoms with Crippen LogP contribution in [0.15, 0.2) is 18.2 Å². The lowest BCUT2D eigenvalue weighted by Gasteiger charge is -2.06. The summed E-state index contributed by atoms with van der Waals surface area (Å²) in [6.45, 7) is 3.55. The van der Waals surface area contributed by atoms with E-state index in [1.807, 2.05) is 0 Å². The summed E-state index contributed by atoms with van der Waals surface area (Å²) < 4.78 is 0. The second-order valence-corrected chi connectivity index (χ2v) is 4.03. The molecule has 0 saturated carbocycles. The van der Waals surface area contributed by atoms with Crippen LogP contribution in [0.1, 0.15) is 21.7 Å². The lowest BCUT2D eigenvalue weighted by Crippen LogP contribution is -2.15. The van der Waals surface area contributed by atoms with Crippen molar-refractivity contribution in [2.75, 3.05) is 11.1 Å². The van der Waals surface area contributed by atoms with Gasteiger partial charge in [-0.25, -0.2) is 4.98 Å². The van der Waals surface area contributed by atoms with E-state index in [2.05, 4.69) is 20.5 Å². The predicted octanol–water partition coefficient (Wildman–Crippen LogP) is 1.03. The van der Waals surface area contributed by atoms with E-state index in [-0.39, 0.29) is 22.9 Å². The summed E-state index contributed by atoms with van der Waals surface area (Å²) in [7, 11) is 0. The van der Waals surface area contributed by atoms with Crippen molar-refractivity contribution in [2.45, 2.75) is 13.8 Å².